The molecule has 0 spiro atoms. The highest BCUT2D eigenvalue weighted by Crippen LogP contribution is 2.12. The van der Waals surface area contributed by atoms with Crippen LogP contribution in [0, 0.1) is 0 Å². The highest BCUT2D eigenvalue weighted by atomic mass is 35.5. The molecule has 2 heterocycles. The van der Waals surface area contributed by atoms with Crippen molar-refractivity contribution in [3.05, 3.63) is 29.1 Å². The summed E-state index contributed by atoms with van der Waals surface area (Å²) in [6.45, 7) is 2.55. The lowest BCUT2D eigenvalue weighted by atomic mass is 10.2. The van der Waals surface area contributed by atoms with E-state index in [9.17, 15) is 0 Å². The van der Waals surface area contributed by atoms with Crippen molar-refractivity contribution in [2.24, 2.45) is 12.8 Å². The van der Waals surface area contributed by atoms with Gasteiger partial charge in [-0.05, 0) is 6.42 Å². The van der Waals surface area contributed by atoms with Gasteiger partial charge in [0.15, 0.2) is 0 Å². The number of aromatic nitrogens is 5. The average molecular weight is 255 g/mol. The predicted molar refractivity (Wildman–Crippen MR) is 64.6 cm³/mol. The Balaban J connectivity index is 2.14. The van der Waals surface area contributed by atoms with E-state index < -0.39 is 0 Å². The van der Waals surface area contributed by atoms with Gasteiger partial charge >= 0.3 is 0 Å². The van der Waals surface area contributed by atoms with E-state index in [0.717, 1.165) is 17.9 Å². The van der Waals surface area contributed by atoms with Crippen molar-refractivity contribution in [1.82, 2.24) is 24.5 Å². The van der Waals surface area contributed by atoms with Crippen LogP contribution in [0.25, 0.3) is 0 Å². The maximum atomic E-state index is 5.91. The first-order valence-electron chi connectivity index (χ1n) is 5.43. The molecular formula is C10H15ClN6. The summed E-state index contributed by atoms with van der Waals surface area (Å²) in [5.41, 5.74) is 6.68. The van der Waals surface area contributed by atoms with Crippen LogP contribution in [0.1, 0.15) is 30.9 Å². The van der Waals surface area contributed by atoms with Crippen LogP contribution in [0.2, 0.25) is 5.15 Å². The third-order valence-corrected chi connectivity index (χ3v) is 3.06. The van der Waals surface area contributed by atoms with E-state index in [2.05, 4.69) is 15.3 Å². The minimum atomic E-state index is -0.0614. The number of halogens is 1. The third-order valence-electron chi connectivity index (χ3n) is 2.71. The molecule has 0 aromatic carbocycles. The van der Waals surface area contributed by atoms with Crippen LogP contribution < -0.4 is 5.73 Å². The van der Waals surface area contributed by atoms with E-state index in [1.165, 1.54) is 0 Å². The third kappa shape index (κ3) is 2.48. The second-order valence-electron chi connectivity index (χ2n) is 3.91. The number of rotatable bonds is 4. The van der Waals surface area contributed by atoms with Gasteiger partial charge in [0.1, 0.15) is 17.5 Å². The van der Waals surface area contributed by atoms with E-state index >= 15 is 0 Å². The maximum Gasteiger partial charge on any atom is 0.131 e. The van der Waals surface area contributed by atoms with Crippen molar-refractivity contribution >= 4 is 11.6 Å². The molecule has 0 saturated carbocycles. The zero-order valence-electron chi connectivity index (χ0n) is 9.84. The second-order valence-corrected chi connectivity index (χ2v) is 4.30. The summed E-state index contributed by atoms with van der Waals surface area (Å²) in [5, 5.41) is 8.66. The molecule has 0 aliphatic rings. The van der Waals surface area contributed by atoms with Crippen molar-refractivity contribution in [2.45, 2.75) is 25.9 Å². The molecule has 1 atom stereocenters. The minimum absolute atomic E-state index is 0.0614. The summed E-state index contributed by atoms with van der Waals surface area (Å²) >= 11 is 5.91. The molecule has 6 nitrogen and oxygen atoms in total. The minimum Gasteiger partial charge on any atom is -0.323 e. The van der Waals surface area contributed by atoms with Crippen LogP contribution in [0.3, 0.4) is 0 Å². The van der Waals surface area contributed by atoms with E-state index in [1.807, 2.05) is 24.7 Å². The van der Waals surface area contributed by atoms with Crippen molar-refractivity contribution in [2.75, 3.05) is 0 Å². The van der Waals surface area contributed by atoms with Crippen molar-refractivity contribution in [3.63, 3.8) is 0 Å². The molecule has 7 heteroatoms. The van der Waals surface area contributed by atoms with Gasteiger partial charge in [0.25, 0.3) is 0 Å². The molecule has 2 aromatic rings. The Bertz CT molecular complexity index is 503. The fourth-order valence-electron chi connectivity index (χ4n) is 1.49. The van der Waals surface area contributed by atoms with Gasteiger partial charge in [-0.3, -0.25) is 0 Å². The predicted octanol–water partition coefficient (Wildman–Crippen LogP) is 1.12. The number of nitrogens with zero attached hydrogens (tertiary/aromatic N) is 5. The van der Waals surface area contributed by atoms with E-state index in [4.69, 9.17) is 17.3 Å². The molecule has 0 bridgehead atoms. The second kappa shape index (κ2) is 4.85. The van der Waals surface area contributed by atoms with Gasteiger partial charge in [0.05, 0.1) is 24.1 Å². The molecule has 0 fully saturated rings. The fraction of sp³-hybridized carbons (Fsp3) is 0.500. The van der Waals surface area contributed by atoms with Crippen LogP contribution in [-0.4, -0.2) is 24.5 Å². The van der Waals surface area contributed by atoms with Gasteiger partial charge in [-0.25, -0.2) is 9.67 Å². The lowest BCUT2D eigenvalue weighted by Crippen LogP contribution is -2.09. The Morgan fingerprint density at radius 2 is 2.29 bits per heavy atom. The Hall–Kier alpha value is -1.40. The standard InChI is InChI=1S/C10H15ClN6/c1-3-7(12)8-5-17(15-14-8)6-10-13-4-9(11)16(10)2/h4-5,7H,3,6,12H2,1-2H3. The molecule has 17 heavy (non-hydrogen) atoms. The van der Waals surface area contributed by atoms with Crippen molar-refractivity contribution in [3.8, 4) is 0 Å². The Morgan fingerprint density at radius 1 is 1.53 bits per heavy atom. The highest BCUT2D eigenvalue weighted by Gasteiger charge is 2.10. The molecule has 2 rings (SSSR count). The fourth-order valence-corrected chi connectivity index (χ4v) is 1.63. The van der Waals surface area contributed by atoms with Crippen LogP contribution in [0.15, 0.2) is 12.4 Å². The largest absolute Gasteiger partial charge is 0.323 e. The smallest absolute Gasteiger partial charge is 0.131 e. The molecule has 0 amide bonds. The molecule has 1 unspecified atom stereocenters. The topological polar surface area (TPSA) is 74.6 Å². The first-order chi connectivity index (χ1) is 8.11. The van der Waals surface area contributed by atoms with Gasteiger partial charge in [-0.2, -0.15) is 0 Å². The SMILES string of the molecule is CCC(N)c1cn(Cc2ncc(Cl)n2C)nn1. The number of imidazole rings is 1. The van der Waals surface area contributed by atoms with Crippen LogP contribution >= 0.6 is 11.6 Å². The molecule has 0 aliphatic carbocycles. The highest BCUT2D eigenvalue weighted by molar-refractivity contribution is 6.29. The first-order valence-corrected chi connectivity index (χ1v) is 5.81. The van der Waals surface area contributed by atoms with Crippen molar-refractivity contribution < 1.29 is 0 Å². The van der Waals surface area contributed by atoms with Gasteiger partial charge in [0.2, 0.25) is 0 Å². The average Bonchev–Trinajstić information content (AvgIpc) is 2.91. The Kier molecular flexibility index (Phi) is 3.44. The molecule has 2 aromatic heterocycles. The first kappa shape index (κ1) is 12.1. The molecule has 92 valence electrons. The zero-order chi connectivity index (χ0) is 12.4. The zero-order valence-corrected chi connectivity index (χ0v) is 10.6. The van der Waals surface area contributed by atoms with Gasteiger partial charge in [-0.15, -0.1) is 5.10 Å². The Morgan fingerprint density at radius 3 is 2.88 bits per heavy atom. The normalized spacial score (nSPS) is 12.9. The quantitative estimate of drug-likeness (QED) is 0.887. The van der Waals surface area contributed by atoms with E-state index in [1.54, 1.807) is 10.9 Å². The van der Waals surface area contributed by atoms with Gasteiger partial charge in [-0.1, -0.05) is 23.7 Å². The van der Waals surface area contributed by atoms with Gasteiger partial charge < -0.3 is 10.3 Å². The lowest BCUT2D eigenvalue weighted by Gasteiger charge is -2.03. The van der Waals surface area contributed by atoms with Crippen LogP contribution in [0.5, 0.6) is 0 Å². The van der Waals surface area contributed by atoms with E-state index in [-0.39, 0.29) is 6.04 Å². The monoisotopic (exact) mass is 254 g/mol. The van der Waals surface area contributed by atoms with Crippen molar-refractivity contribution in [1.29, 1.82) is 0 Å². The molecule has 0 saturated heterocycles. The molecule has 0 radical (unpaired) electrons. The molecular weight excluding hydrogens is 240 g/mol. The summed E-state index contributed by atoms with van der Waals surface area (Å²) in [7, 11) is 1.86. The van der Waals surface area contributed by atoms with Crippen LogP contribution in [0.4, 0.5) is 0 Å². The van der Waals surface area contributed by atoms with Crippen LogP contribution in [-0.2, 0) is 13.6 Å². The molecule has 2 N–H and O–H groups in total. The number of nitrogens with two attached hydrogens (primary N) is 1. The maximum absolute atomic E-state index is 5.91. The summed E-state index contributed by atoms with van der Waals surface area (Å²) in [4.78, 5) is 4.20. The van der Waals surface area contributed by atoms with Gasteiger partial charge in [0, 0.05) is 7.05 Å². The summed E-state index contributed by atoms with van der Waals surface area (Å²) in [5.74, 6) is 0.830. The van der Waals surface area contributed by atoms with E-state index in [0.29, 0.717) is 11.7 Å². The molecule has 0 aliphatic heterocycles. The number of hydrogen-bond donors (Lipinski definition) is 1. The summed E-state index contributed by atoms with van der Waals surface area (Å²) in [6, 6.07) is -0.0614. The Labute approximate surface area is 104 Å². The summed E-state index contributed by atoms with van der Waals surface area (Å²) in [6.07, 6.45) is 4.30. The lowest BCUT2D eigenvalue weighted by molar-refractivity contribution is 0.606. The summed E-state index contributed by atoms with van der Waals surface area (Å²) < 4.78 is 3.52. The number of hydrogen-bond acceptors (Lipinski definition) is 4.